The summed E-state index contributed by atoms with van der Waals surface area (Å²) in [5.74, 6) is 0.357. The van der Waals surface area contributed by atoms with Crippen molar-refractivity contribution in [2.75, 3.05) is 25.4 Å². The van der Waals surface area contributed by atoms with Gasteiger partial charge in [-0.05, 0) is 43.4 Å². The van der Waals surface area contributed by atoms with E-state index in [1.165, 1.54) is 54.3 Å². The van der Waals surface area contributed by atoms with Crippen LogP contribution in [0.15, 0.2) is 24.3 Å². The molecule has 0 atom stereocenters. The van der Waals surface area contributed by atoms with E-state index in [2.05, 4.69) is 5.32 Å². The Morgan fingerprint density at radius 1 is 1.11 bits per heavy atom. The highest BCUT2D eigenvalue weighted by molar-refractivity contribution is 7.99. The Morgan fingerprint density at radius 2 is 1.75 bits per heavy atom. The first-order valence-electron chi connectivity index (χ1n) is 10.1. The third-order valence-corrected chi connectivity index (χ3v) is 8.77. The predicted octanol–water partition coefficient (Wildman–Crippen LogP) is 3.16. The van der Waals surface area contributed by atoms with Crippen LogP contribution in [0.5, 0.6) is 0 Å². The fourth-order valence-electron chi connectivity index (χ4n) is 3.88. The molecule has 0 unspecified atom stereocenters. The minimum atomic E-state index is -3.45. The number of nitrogens with one attached hydrogen (secondary N) is 1. The Hall–Kier alpha value is -1.12. The van der Waals surface area contributed by atoms with Crippen LogP contribution in [0.4, 0.5) is 4.39 Å². The first-order chi connectivity index (χ1) is 13.4. The Kier molecular flexibility index (Phi) is 7.77. The van der Waals surface area contributed by atoms with Crippen molar-refractivity contribution in [2.45, 2.75) is 49.5 Å². The zero-order valence-electron chi connectivity index (χ0n) is 16.1. The summed E-state index contributed by atoms with van der Waals surface area (Å²) < 4.78 is 39.6. The molecule has 0 spiro atoms. The highest BCUT2D eigenvalue weighted by atomic mass is 32.2. The molecule has 1 heterocycles. The number of carbonyl (C=O) groups is 1. The number of benzene rings is 1. The van der Waals surface area contributed by atoms with Crippen LogP contribution in [0, 0.1) is 11.7 Å². The van der Waals surface area contributed by atoms with Crippen molar-refractivity contribution in [3.8, 4) is 0 Å². The van der Waals surface area contributed by atoms with Crippen LogP contribution in [0.1, 0.15) is 44.1 Å². The van der Waals surface area contributed by atoms with Crippen LogP contribution in [0.3, 0.4) is 0 Å². The number of thioether (sulfide) groups is 1. The van der Waals surface area contributed by atoms with Crippen LogP contribution in [0.2, 0.25) is 0 Å². The van der Waals surface area contributed by atoms with Crippen molar-refractivity contribution in [2.24, 2.45) is 5.92 Å². The van der Waals surface area contributed by atoms with Gasteiger partial charge in [-0.15, -0.1) is 0 Å². The maximum Gasteiger partial charge on any atom is 0.223 e. The molecule has 1 saturated heterocycles. The summed E-state index contributed by atoms with van der Waals surface area (Å²) in [6.07, 6.45) is 6.33. The quantitative estimate of drug-likeness (QED) is 0.646. The van der Waals surface area contributed by atoms with Crippen molar-refractivity contribution in [1.82, 2.24) is 9.62 Å². The Labute approximate surface area is 171 Å². The molecule has 3 rings (SSSR count). The predicted molar refractivity (Wildman–Crippen MR) is 111 cm³/mol. The Bertz CT molecular complexity index is 741. The van der Waals surface area contributed by atoms with E-state index in [-0.39, 0.29) is 23.4 Å². The van der Waals surface area contributed by atoms with E-state index in [9.17, 15) is 17.6 Å². The van der Waals surface area contributed by atoms with Gasteiger partial charge in [-0.25, -0.2) is 17.1 Å². The molecule has 2 aliphatic rings. The third-order valence-electron chi connectivity index (χ3n) is 5.54. The number of hydrogen-bond acceptors (Lipinski definition) is 4. The second-order valence-electron chi connectivity index (χ2n) is 7.62. The van der Waals surface area contributed by atoms with Crippen molar-refractivity contribution >= 4 is 27.7 Å². The molecule has 1 aromatic rings. The molecule has 2 fully saturated rings. The molecule has 0 aromatic heterocycles. The summed E-state index contributed by atoms with van der Waals surface area (Å²) in [6, 6.07) is 5.53. The Balaban J connectivity index is 1.39. The van der Waals surface area contributed by atoms with Gasteiger partial charge in [-0.3, -0.25) is 4.79 Å². The molecule has 8 heteroatoms. The lowest BCUT2D eigenvalue weighted by Gasteiger charge is -2.30. The summed E-state index contributed by atoms with van der Waals surface area (Å²) in [6.45, 7) is 1.40. The lowest BCUT2D eigenvalue weighted by Crippen LogP contribution is -2.43. The summed E-state index contributed by atoms with van der Waals surface area (Å²) in [4.78, 5) is 12.3. The molecular weight excluding hydrogens is 399 g/mol. The van der Waals surface area contributed by atoms with E-state index in [0.29, 0.717) is 38.0 Å². The minimum Gasteiger partial charge on any atom is -0.355 e. The minimum absolute atomic E-state index is 0.0441. The fourth-order valence-corrected chi connectivity index (χ4v) is 6.66. The number of sulfonamides is 1. The second-order valence-corrected chi connectivity index (χ2v) is 11.0. The molecule has 156 valence electrons. The summed E-state index contributed by atoms with van der Waals surface area (Å²) in [7, 11) is -3.45. The number of rotatable bonds is 8. The van der Waals surface area contributed by atoms with E-state index in [1.807, 2.05) is 11.8 Å². The van der Waals surface area contributed by atoms with E-state index in [0.717, 1.165) is 11.0 Å². The lowest BCUT2D eigenvalue weighted by atomic mass is 9.97. The molecule has 1 saturated carbocycles. The van der Waals surface area contributed by atoms with Gasteiger partial charge in [0.2, 0.25) is 15.9 Å². The van der Waals surface area contributed by atoms with Gasteiger partial charge in [-0.1, -0.05) is 25.0 Å². The number of hydrogen-bond donors (Lipinski definition) is 1. The monoisotopic (exact) mass is 428 g/mol. The van der Waals surface area contributed by atoms with E-state index in [4.69, 9.17) is 0 Å². The lowest BCUT2D eigenvalue weighted by molar-refractivity contribution is -0.125. The highest BCUT2D eigenvalue weighted by Crippen LogP contribution is 2.29. The molecule has 1 N–H and O–H groups in total. The number of piperidine rings is 1. The highest BCUT2D eigenvalue weighted by Gasteiger charge is 2.31. The maximum absolute atomic E-state index is 13.0. The van der Waals surface area contributed by atoms with Crippen molar-refractivity contribution in [1.29, 1.82) is 0 Å². The summed E-state index contributed by atoms with van der Waals surface area (Å²) in [5.41, 5.74) is 0.570. The first kappa shape index (κ1) is 21.6. The van der Waals surface area contributed by atoms with Gasteiger partial charge >= 0.3 is 0 Å². The van der Waals surface area contributed by atoms with Crippen LogP contribution >= 0.6 is 11.8 Å². The van der Waals surface area contributed by atoms with Crippen molar-refractivity contribution < 1.29 is 17.6 Å². The smallest absolute Gasteiger partial charge is 0.223 e. The largest absolute Gasteiger partial charge is 0.355 e. The molecule has 1 aliphatic carbocycles. The van der Waals surface area contributed by atoms with Crippen LogP contribution in [0.25, 0.3) is 0 Å². The summed E-state index contributed by atoms with van der Waals surface area (Å²) >= 11 is 1.95. The van der Waals surface area contributed by atoms with Gasteiger partial charge in [-0.2, -0.15) is 11.8 Å². The zero-order valence-corrected chi connectivity index (χ0v) is 17.7. The zero-order chi connectivity index (χ0) is 20.0. The van der Waals surface area contributed by atoms with Crippen LogP contribution in [-0.4, -0.2) is 49.3 Å². The number of halogens is 1. The van der Waals surface area contributed by atoms with Gasteiger partial charge in [0.25, 0.3) is 0 Å². The molecule has 28 heavy (non-hydrogen) atoms. The van der Waals surface area contributed by atoms with Gasteiger partial charge in [0.15, 0.2) is 0 Å². The van der Waals surface area contributed by atoms with E-state index in [1.54, 1.807) is 0 Å². The number of carbonyl (C=O) groups excluding carboxylic acids is 1. The van der Waals surface area contributed by atoms with Gasteiger partial charge < -0.3 is 5.32 Å². The molecule has 0 bridgehead atoms. The summed E-state index contributed by atoms with van der Waals surface area (Å²) in [5, 5.41) is 3.77. The van der Waals surface area contributed by atoms with Gasteiger partial charge in [0, 0.05) is 36.6 Å². The standard InChI is InChI=1S/C20H29FN2O3S2/c21-18-7-5-16(6-8-18)15-28(25,26)23-12-9-17(10-13-23)20(24)22-11-14-27-19-3-1-2-4-19/h5-8,17,19H,1-4,9-15H2,(H,22,24). The van der Waals surface area contributed by atoms with E-state index >= 15 is 0 Å². The number of amides is 1. The molecule has 5 nitrogen and oxygen atoms in total. The fraction of sp³-hybridized carbons (Fsp3) is 0.650. The van der Waals surface area contributed by atoms with Crippen molar-refractivity contribution in [3.63, 3.8) is 0 Å². The molecule has 1 aliphatic heterocycles. The Morgan fingerprint density at radius 3 is 2.39 bits per heavy atom. The average Bonchev–Trinajstić information content (AvgIpc) is 3.20. The average molecular weight is 429 g/mol. The molecule has 1 aromatic carbocycles. The number of nitrogens with zero attached hydrogens (tertiary/aromatic N) is 1. The van der Waals surface area contributed by atoms with Crippen LogP contribution in [-0.2, 0) is 20.6 Å². The first-order valence-corrected chi connectivity index (χ1v) is 12.7. The van der Waals surface area contributed by atoms with Crippen molar-refractivity contribution in [3.05, 3.63) is 35.6 Å². The molecule has 0 radical (unpaired) electrons. The van der Waals surface area contributed by atoms with Gasteiger partial charge in [0.1, 0.15) is 5.82 Å². The van der Waals surface area contributed by atoms with Crippen LogP contribution < -0.4 is 5.32 Å². The maximum atomic E-state index is 13.0. The SMILES string of the molecule is O=C(NCCSC1CCCC1)C1CCN(S(=O)(=O)Cc2ccc(F)cc2)CC1. The van der Waals surface area contributed by atoms with E-state index < -0.39 is 10.0 Å². The second kappa shape index (κ2) is 10.1. The molecular formula is C20H29FN2O3S2. The normalized spacial score (nSPS) is 19.8. The topological polar surface area (TPSA) is 66.5 Å². The van der Waals surface area contributed by atoms with Gasteiger partial charge in [0.05, 0.1) is 5.75 Å². The third kappa shape index (κ3) is 6.19. The molecule has 1 amide bonds.